The van der Waals surface area contributed by atoms with Gasteiger partial charge in [0.05, 0.1) is 34.9 Å². The monoisotopic (exact) mass is 517 g/mol. The highest BCUT2D eigenvalue weighted by Gasteiger charge is 2.44. The van der Waals surface area contributed by atoms with E-state index in [9.17, 15) is 15.8 Å². The Balaban J connectivity index is 5.93. The molecular formula is C28H43N3O6. The summed E-state index contributed by atoms with van der Waals surface area (Å²) < 4.78 is 0. The Bertz CT molecular complexity index is 931. The molecule has 206 valence electrons. The van der Waals surface area contributed by atoms with Crippen molar-refractivity contribution in [1.29, 1.82) is 15.8 Å². The van der Waals surface area contributed by atoms with E-state index < -0.39 is 33.6 Å². The Morgan fingerprint density at radius 2 is 0.730 bits per heavy atom. The fourth-order valence-electron chi connectivity index (χ4n) is 3.17. The zero-order valence-electron chi connectivity index (χ0n) is 24.3. The molecule has 0 aliphatic rings. The predicted molar refractivity (Wildman–Crippen MR) is 139 cm³/mol. The SMILES string of the molecule is C=C(C#N)C(C)(C)OOC(C)(C)CC(C)(CC(C)(C)OOC(C)(C)C(=C)C#N)OOC(C)(C)C(=C)C#N. The highest BCUT2D eigenvalue weighted by atomic mass is 17.2. The molecule has 9 heteroatoms. The van der Waals surface area contributed by atoms with Crippen LogP contribution in [0.5, 0.6) is 0 Å². The summed E-state index contributed by atoms with van der Waals surface area (Å²) >= 11 is 0. The van der Waals surface area contributed by atoms with Crippen molar-refractivity contribution >= 4 is 0 Å². The van der Waals surface area contributed by atoms with Crippen LogP contribution in [0.1, 0.15) is 89.0 Å². The molecule has 0 heterocycles. The van der Waals surface area contributed by atoms with Crippen LogP contribution in [0, 0.1) is 34.0 Å². The maximum Gasteiger partial charge on any atom is 0.132 e. The quantitative estimate of drug-likeness (QED) is 0.128. The molecule has 0 rings (SSSR count). The average molecular weight is 518 g/mol. The van der Waals surface area contributed by atoms with Crippen LogP contribution in [0.2, 0.25) is 0 Å². The van der Waals surface area contributed by atoms with E-state index in [-0.39, 0.29) is 29.6 Å². The zero-order chi connectivity index (χ0) is 29.5. The number of rotatable bonds is 16. The molecule has 0 aliphatic heterocycles. The normalized spacial score (nSPS) is 13.3. The van der Waals surface area contributed by atoms with Gasteiger partial charge in [0.2, 0.25) is 0 Å². The Kier molecular flexibility index (Phi) is 11.5. The Labute approximate surface area is 222 Å². The number of hydrogen-bond donors (Lipinski definition) is 0. The average Bonchev–Trinajstić information content (AvgIpc) is 2.78. The van der Waals surface area contributed by atoms with Gasteiger partial charge in [0.25, 0.3) is 0 Å². The second kappa shape index (κ2) is 12.3. The van der Waals surface area contributed by atoms with E-state index in [1.165, 1.54) is 0 Å². The van der Waals surface area contributed by atoms with E-state index in [1.807, 2.05) is 18.2 Å². The summed E-state index contributed by atoms with van der Waals surface area (Å²) in [4.78, 5) is 34.3. The first-order valence-corrected chi connectivity index (χ1v) is 11.9. The lowest BCUT2D eigenvalue weighted by Gasteiger charge is -2.42. The van der Waals surface area contributed by atoms with Gasteiger partial charge in [0.15, 0.2) is 0 Å². The third-order valence-electron chi connectivity index (χ3n) is 5.59. The molecule has 0 bridgehead atoms. The summed E-state index contributed by atoms with van der Waals surface area (Å²) in [6.07, 6.45) is 0.455. The summed E-state index contributed by atoms with van der Waals surface area (Å²) in [7, 11) is 0. The molecule has 0 aliphatic carbocycles. The van der Waals surface area contributed by atoms with Crippen LogP contribution in [-0.4, -0.2) is 33.6 Å². The first-order chi connectivity index (χ1) is 16.5. The van der Waals surface area contributed by atoms with Gasteiger partial charge in [0, 0.05) is 12.8 Å². The standard InChI is InChI=1S/C28H43N3O6/c1-20(15-29)25(8,9)34-32-23(4,5)18-28(14,37-36-27(12,13)22(3)17-31)19-24(6,7)33-35-26(10,11)21(2)16-30/h1-3,18-19H2,4-14H3. The topological polar surface area (TPSA) is 127 Å². The number of nitrogens with zero attached hydrogens (tertiary/aromatic N) is 3. The van der Waals surface area contributed by atoms with Gasteiger partial charge >= 0.3 is 0 Å². The van der Waals surface area contributed by atoms with Gasteiger partial charge < -0.3 is 0 Å². The molecule has 0 saturated heterocycles. The molecular weight excluding hydrogens is 474 g/mol. The van der Waals surface area contributed by atoms with Gasteiger partial charge in [0.1, 0.15) is 33.6 Å². The van der Waals surface area contributed by atoms with Crippen molar-refractivity contribution < 1.29 is 29.3 Å². The molecule has 0 radical (unpaired) electrons. The smallest absolute Gasteiger partial charge is 0.132 e. The number of hydrogen-bond acceptors (Lipinski definition) is 9. The second-order valence-corrected chi connectivity index (χ2v) is 12.1. The molecule has 37 heavy (non-hydrogen) atoms. The van der Waals surface area contributed by atoms with E-state index >= 15 is 0 Å². The van der Waals surface area contributed by atoms with Crippen molar-refractivity contribution in [2.24, 2.45) is 0 Å². The van der Waals surface area contributed by atoms with Crippen molar-refractivity contribution in [3.05, 3.63) is 36.5 Å². The Morgan fingerprint density at radius 1 is 0.486 bits per heavy atom. The lowest BCUT2D eigenvalue weighted by atomic mass is 9.83. The second-order valence-electron chi connectivity index (χ2n) is 12.1. The largest absolute Gasteiger partial charge is 0.230 e. The van der Waals surface area contributed by atoms with Crippen LogP contribution in [0.3, 0.4) is 0 Å². The van der Waals surface area contributed by atoms with Crippen LogP contribution in [0.4, 0.5) is 0 Å². The minimum absolute atomic E-state index is 0.182. The van der Waals surface area contributed by atoms with Crippen molar-refractivity contribution in [2.45, 2.75) is 123 Å². The minimum atomic E-state index is -1.10. The van der Waals surface area contributed by atoms with E-state index in [0.717, 1.165) is 0 Å². The van der Waals surface area contributed by atoms with Gasteiger partial charge in [-0.25, -0.2) is 29.3 Å². The van der Waals surface area contributed by atoms with Gasteiger partial charge in [-0.3, -0.25) is 0 Å². The molecule has 0 spiro atoms. The molecule has 0 fully saturated rings. The fourth-order valence-corrected chi connectivity index (χ4v) is 3.17. The van der Waals surface area contributed by atoms with Gasteiger partial charge in [-0.2, -0.15) is 15.8 Å². The highest BCUT2D eigenvalue weighted by molar-refractivity contribution is 5.26. The molecule has 0 aromatic rings. The van der Waals surface area contributed by atoms with Gasteiger partial charge in [-0.15, -0.1) is 0 Å². The predicted octanol–water partition coefficient (Wildman–Crippen LogP) is 6.50. The Hall–Kier alpha value is -2.55. The van der Waals surface area contributed by atoms with Gasteiger partial charge in [-0.05, 0) is 76.2 Å². The van der Waals surface area contributed by atoms with Crippen LogP contribution in [-0.2, 0) is 29.3 Å². The van der Waals surface area contributed by atoms with Crippen LogP contribution < -0.4 is 0 Å². The summed E-state index contributed by atoms with van der Waals surface area (Å²) in [5.74, 6) is 0. The molecule has 0 atom stereocenters. The van der Waals surface area contributed by atoms with Crippen LogP contribution in [0.25, 0.3) is 0 Å². The summed E-state index contributed by atoms with van der Waals surface area (Å²) in [5, 5.41) is 27.6. The van der Waals surface area contributed by atoms with E-state index in [1.54, 1.807) is 76.2 Å². The first kappa shape index (κ1) is 34.5. The minimum Gasteiger partial charge on any atom is -0.230 e. The summed E-state index contributed by atoms with van der Waals surface area (Å²) in [6.45, 7) is 30.2. The molecule has 0 unspecified atom stereocenters. The molecule has 0 amide bonds. The van der Waals surface area contributed by atoms with Crippen molar-refractivity contribution in [3.63, 3.8) is 0 Å². The Morgan fingerprint density at radius 3 is 0.973 bits per heavy atom. The molecule has 0 aromatic carbocycles. The maximum atomic E-state index is 9.28. The number of nitriles is 3. The molecule has 9 nitrogen and oxygen atoms in total. The third-order valence-corrected chi connectivity index (χ3v) is 5.59. The van der Waals surface area contributed by atoms with E-state index in [0.29, 0.717) is 0 Å². The van der Waals surface area contributed by atoms with E-state index in [4.69, 9.17) is 29.3 Å². The fraction of sp³-hybridized carbons (Fsp3) is 0.679. The van der Waals surface area contributed by atoms with Crippen molar-refractivity contribution in [3.8, 4) is 18.2 Å². The molecule has 0 saturated carbocycles. The highest BCUT2D eigenvalue weighted by Crippen LogP contribution is 2.38. The van der Waals surface area contributed by atoms with Gasteiger partial charge in [-0.1, -0.05) is 19.7 Å². The summed E-state index contributed by atoms with van der Waals surface area (Å²) in [6, 6.07) is 5.94. The van der Waals surface area contributed by atoms with E-state index in [2.05, 4.69) is 19.7 Å². The molecule has 0 aromatic heterocycles. The van der Waals surface area contributed by atoms with Crippen LogP contribution >= 0.6 is 0 Å². The van der Waals surface area contributed by atoms with Crippen molar-refractivity contribution in [2.75, 3.05) is 0 Å². The first-order valence-electron chi connectivity index (χ1n) is 11.9. The molecule has 0 N–H and O–H groups in total. The van der Waals surface area contributed by atoms with Crippen LogP contribution in [0.15, 0.2) is 36.5 Å². The maximum absolute atomic E-state index is 9.28. The summed E-state index contributed by atoms with van der Waals surface area (Å²) in [5.41, 5.74) is -5.54. The lowest BCUT2D eigenvalue weighted by Crippen LogP contribution is -2.47. The third kappa shape index (κ3) is 11.2. The zero-order valence-corrected chi connectivity index (χ0v) is 24.3. The van der Waals surface area contributed by atoms with Crippen molar-refractivity contribution in [1.82, 2.24) is 0 Å². The lowest BCUT2D eigenvalue weighted by molar-refractivity contribution is -0.441.